The molecule has 226 valence electrons. The van der Waals surface area contributed by atoms with Gasteiger partial charge in [-0.15, -0.1) is 5.10 Å². The number of benzene rings is 1. The van der Waals surface area contributed by atoms with Gasteiger partial charge in [0.1, 0.15) is 10.7 Å². The molecule has 0 saturated carbocycles. The number of fused-ring (bicyclic) bond motifs is 2. The molecule has 12 nitrogen and oxygen atoms in total. The standard InChI is InChI=1S/C28H23Cl2F2N9O3/c1-15-3-2-4-22(23-9-16(7-8-40(23)44)26-20(35-27(15)43)12-34-41(26)28(31)32)38-14-33-19(11-25(38)42)18-10-17(29)5-6-21(18)39-13-24(30)36-37-39/h5-15,22,28,44H,2-4H2,1H3/t15-,22+/m1/s1. The molecule has 5 heterocycles. The smallest absolute Gasteiger partial charge is 0.290 e. The van der Waals surface area contributed by atoms with E-state index in [0.717, 1.165) is 11.3 Å². The van der Waals surface area contributed by atoms with Crippen molar-refractivity contribution in [3.8, 4) is 16.9 Å². The van der Waals surface area contributed by atoms with Crippen LogP contribution in [0.3, 0.4) is 0 Å². The van der Waals surface area contributed by atoms with E-state index in [1.165, 1.54) is 46.2 Å². The summed E-state index contributed by atoms with van der Waals surface area (Å²) < 4.78 is 31.1. The van der Waals surface area contributed by atoms with Crippen LogP contribution in [0.25, 0.3) is 22.5 Å². The predicted molar refractivity (Wildman–Crippen MR) is 154 cm³/mol. The van der Waals surface area contributed by atoms with Crippen LogP contribution < -0.4 is 16.3 Å². The van der Waals surface area contributed by atoms with Crippen molar-refractivity contribution in [2.75, 3.05) is 0 Å². The van der Waals surface area contributed by atoms with Gasteiger partial charge in [-0.3, -0.25) is 19.4 Å². The lowest BCUT2D eigenvalue weighted by molar-refractivity contribution is -0.121. The number of rotatable bonds is 4. The van der Waals surface area contributed by atoms with Gasteiger partial charge in [-0.1, -0.05) is 41.8 Å². The lowest BCUT2D eigenvalue weighted by Gasteiger charge is -2.29. The van der Waals surface area contributed by atoms with E-state index in [0.29, 0.717) is 45.9 Å². The Hall–Kier alpha value is -4.53. The Morgan fingerprint density at radius 1 is 1.14 bits per heavy atom. The minimum atomic E-state index is -3.01. The third-order valence-corrected chi connectivity index (χ3v) is 7.83. The molecular formula is C28H23Cl2F2N9O3. The van der Waals surface area contributed by atoms with Gasteiger partial charge in [0.2, 0.25) is 5.91 Å². The summed E-state index contributed by atoms with van der Waals surface area (Å²) in [4.78, 5) is 35.2. The Morgan fingerprint density at radius 3 is 2.68 bits per heavy atom. The van der Waals surface area contributed by atoms with Gasteiger partial charge in [0.05, 0.1) is 41.8 Å². The topological polar surface area (TPSA) is 136 Å². The molecule has 1 N–H and O–H groups in total. The second kappa shape index (κ2) is 11.9. The zero-order chi connectivity index (χ0) is 31.1. The molecule has 0 saturated heterocycles. The number of hydrogen-bond donors (Lipinski definition) is 1. The molecule has 1 amide bonds. The number of amides is 1. The van der Waals surface area contributed by atoms with E-state index in [1.54, 1.807) is 25.1 Å². The second-order valence-electron chi connectivity index (χ2n) is 10.3. The first-order valence-electron chi connectivity index (χ1n) is 13.4. The second-order valence-corrected chi connectivity index (χ2v) is 11.1. The quantitative estimate of drug-likeness (QED) is 0.355. The molecule has 6 rings (SSSR count). The molecule has 16 heteroatoms. The van der Waals surface area contributed by atoms with Gasteiger partial charge in [-0.2, -0.15) is 13.9 Å². The van der Waals surface area contributed by atoms with Crippen LogP contribution >= 0.6 is 23.2 Å². The van der Waals surface area contributed by atoms with Crippen molar-refractivity contribution in [1.29, 1.82) is 0 Å². The predicted octanol–water partition coefficient (Wildman–Crippen LogP) is 3.85. The number of hydrogen-bond acceptors (Lipinski definition) is 8. The molecule has 2 atom stereocenters. The van der Waals surface area contributed by atoms with E-state index >= 15 is 0 Å². The summed E-state index contributed by atoms with van der Waals surface area (Å²) >= 11 is 12.2. The Bertz CT molecular complexity index is 2020. The monoisotopic (exact) mass is 641 g/mol. The Labute approximate surface area is 257 Å². The number of nitrogens with zero attached hydrogens (tertiary/aromatic N) is 9. The SMILES string of the molecule is C[C@@H]1CCC[C@H](n2cnc(-c3cc(Cl)ccc3-n3cc(Cl)nn3)cc2=O)C2=CC(=c3c(cnn3C(F)F)=NC1=O)C=CN2O. The maximum Gasteiger partial charge on any atom is 0.333 e. The normalized spacial score (nSPS) is 18.9. The van der Waals surface area contributed by atoms with E-state index in [2.05, 4.69) is 25.4 Å². The van der Waals surface area contributed by atoms with E-state index in [-0.39, 0.29) is 27.1 Å². The van der Waals surface area contributed by atoms with Gasteiger partial charge in [0.15, 0.2) is 5.15 Å². The summed E-state index contributed by atoms with van der Waals surface area (Å²) in [5.74, 6) is -0.999. The largest absolute Gasteiger partial charge is 0.333 e. The van der Waals surface area contributed by atoms with Crippen LogP contribution in [0, 0.1) is 5.92 Å². The van der Waals surface area contributed by atoms with Crippen LogP contribution in [0.1, 0.15) is 38.8 Å². The summed E-state index contributed by atoms with van der Waals surface area (Å²) in [7, 11) is 0. The van der Waals surface area contributed by atoms with E-state index < -0.39 is 30.0 Å². The fraction of sp³-hybridized carbons (Fsp3) is 0.250. The molecule has 2 aliphatic rings. The number of aromatic nitrogens is 7. The molecule has 4 aromatic rings. The highest BCUT2D eigenvalue weighted by Gasteiger charge is 2.27. The third-order valence-electron chi connectivity index (χ3n) is 7.42. The molecule has 2 aliphatic heterocycles. The Balaban J connectivity index is 1.50. The van der Waals surface area contributed by atoms with Gasteiger partial charge < -0.3 is 0 Å². The van der Waals surface area contributed by atoms with E-state index in [1.807, 2.05) is 0 Å². The highest BCUT2D eigenvalue weighted by Crippen LogP contribution is 2.32. The Kier molecular flexibility index (Phi) is 7.97. The lowest BCUT2D eigenvalue weighted by Crippen LogP contribution is -2.36. The van der Waals surface area contributed by atoms with Crippen molar-refractivity contribution >= 4 is 34.7 Å². The van der Waals surface area contributed by atoms with Crippen molar-refractivity contribution in [3.63, 3.8) is 0 Å². The fourth-order valence-corrected chi connectivity index (χ4v) is 5.53. The third kappa shape index (κ3) is 5.58. The molecule has 3 aromatic heterocycles. The van der Waals surface area contributed by atoms with Crippen molar-refractivity contribution < 1.29 is 18.8 Å². The number of halogens is 4. The number of allylic oxidation sites excluding steroid dienone is 3. The minimum Gasteiger partial charge on any atom is -0.290 e. The van der Waals surface area contributed by atoms with Gasteiger partial charge in [-0.05, 0) is 43.2 Å². The van der Waals surface area contributed by atoms with Crippen LogP contribution in [0.5, 0.6) is 0 Å². The molecular weight excluding hydrogens is 619 g/mol. The molecule has 2 bridgehead atoms. The van der Waals surface area contributed by atoms with Crippen LogP contribution in [0.4, 0.5) is 8.78 Å². The number of hydroxylamine groups is 2. The average Bonchev–Trinajstić information content (AvgIpc) is 3.62. The van der Waals surface area contributed by atoms with Gasteiger partial charge in [0.25, 0.3) is 5.56 Å². The molecule has 44 heavy (non-hydrogen) atoms. The van der Waals surface area contributed by atoms with Crippen LogP contribution in [-0.2, 0) is 4.79 Å². The van der Waals surface area contributed by atoms with Crippen molar-refractivity contribution in [2.45, 2.75) is 38.8 Å². The molecule has 1 aromatic carbocycles. The summed E-state index contributed by atoms with van der Waals surface area (Å²) in [6.07, 6.45) is 9.28. The highest BCUT2D eigenvalue weighted by molar-refractivity contribution is 6.31. The van der Waals surface area contributed by atoms with Crippen molar-refractivity contribution in [3.05, 3.63) is 98.3 Å². The van der Waals surface area contributed by atoms with Crippen molar-refractivity contribution in [2.24, 2.45) is 10.9 Å². The first-order chi connectivity index (χ1) is 21.1. The zero-order valence-corrected chi connectivity index (χ0v) is 24.4. The summed E-state index contributed by atoms with van der Waals surface area (Å²) in [5, 5.41) is 23.7. The van der Waals surface area contributed by atoms with Crippen molar-refractivity contribution in [1.82, 2.24) is 39.4 Å². The zero-order valence-electron chi connectivity index (χ0n) is 22.9. The van der Waals surface area contributed by atoms with Crippen LogP contribution in [-0.4, -0.2) is 50.5 Å². The van der Waals surface area contributed by atoms with Crippen LogP contribution in [0.2, 0.25) is 10.2 Å². The Morgan fingerprint density at radius 2 is 1.95 bits per heavy atom. The molecule has 0 aliphatic carbocycles. The lowest BCUT2D eigenvalue weighted by atomic mass is 9.97. The van der Waals surface area contributed by atoms with Gasteiger partial charge in [0, 0.05) is 34.3 Å². The minimum absolute atomic E-state index is 0.0184. The van der Waals surface area contributed by atoms with Crippen LogP contribution in [0.15, 0.2) is 76.8 Å². The molecule has 0 spiro atoms. The first kappa shape index (κ1) is 29.5. The average molecular weight is 642 g/mol. The fourth-order valence-electron chi connectivity index (χ4n) is 5.23. The maximum atomic E-state index is 13.9. The molecule has 0 fully saturated rings. The molecule has 0 unspecified atom stereocenters. The number of carbonyl (C=O) groups excluding carboxylic acids is 1. The summed E-state index contributed by atoms with van der Waals surface area (Å²) in [6.45, 7) is -1.32. The summed E-state index contributed by atoms with van der Waals surface area (Å²) in [5.41, 5.74) is 1.30. The molecule has 0 radical (unpaired) electrons. The van der Waals surface area contributed by atoms with Gasteiger partial charge in [-0.25, -0.2) is 24.4 Å². The van der Waals surface area contributed by atoms with E-state index in [4.69, 9.17) is 23.2 Å². The summed E-state index contributed by atoms with van der Waals surface area (Å²) in [6, 6.07) is 5.51. The highest BCUT2D eigenvalue weighted by atomic mass is 35.5. The first-order valence-corrected chi connectivity index (χ1v) is 14.2. The maximum absolute atomic E-state index is 13.9. The number of carbonyl (C=O) groups is 1. The van der Waals surface area contributed by atoms with E-state index in [9.17, 15) is 23.6 Å². The van der Waals surface area contributed by atoms with Gasteiger partial charge >= 0.3 is 6.55 Å². The number of alkyl halides is 2.